The molecule has 1 rings (SSSR count). The van der Waals surface area contributed by atoms with Crippen LogP contribution < -0.4 is 4.61 Å². The van der Waals surface area contributed by atoms with Crippen molar-refractivity contribution in [2.24, 2.45) is 0 Å². The van der Waals surface area contributed by atoms with Gasteiger partial charge in [0.2, 0.25) is 0 Å². The summed E-state index contributed by atoms with van der Waals surface area (Å²) in [5, 5.41) is 0. The van der Waals surface area contributed by atoms with Crippen LogP contribution >= 0.6 is 29.8 Å². The first-order valence-electron chi connectivity index (χ1n) is 2.70. The molecular formula is C3H5Cl2N2O3P. The van der Waals surface area contributed by atoms with E-state index < -0.39 is 12.9 Å². The summed E-state index contributed by atoms with van der Waals surface area (Å²) in [4.78, 5) is 10.7. The second-order valence-corrected chi connectivity index (χ2v) is 5.36. The van der Waals surface area contributed by atoms with Crippen molar-refractivity contribution >= 4 is 35.9 Å². The van der Waals surface area contributed by atoms with Crippen molar-refractivity contribution in [3.8, 4) is 0 Å². The van der Waals surface area contributed by atoms with Gasteiger partial charge in [0.25, 0.3) is 0 Å². The molecule has 0 aromatic rings. The first-order chi connectivity index (χ1) is 5.08. The molecule has 1 saturated heterocycles. The lowest BCUT2D eigenvalue weighted by molar-refractivity contribution is 0.170. The molecule has 0 radical (unpaired) electrons. The van der Waals surface area contributed by atoms with Gasteiger partial charge in [-0.2, -0.15) is 4.61 Å². The van der Waals surface area contributed by atoms with E-state index in [0.29, 0.717) is 0 Å². The van der Waals surface area contributed by atoms with Gasteiger partial charge < -0.3 is 4.74 Å². The van der Waals surface area contributed by atoms with E-state index in [2.05, 4.69) is 4.74 Å². The number of carbonyl (C=O) groups is 1. The molecule has 1 heterocycles. The molecule has 1 amide bonds. The number of ether oxygens (including phenoxy) is 1. The van der Waals surface area contributed by atoms with Gasteiger partial charge in [-0.3, -0.25) is 4.57 Å². The van der Waals surface area contributed by atoms with Crippen LogP contribution in [0.1, 0.15) is 0 Å². The molecule has 0 aliphatic carbocycles. The van der Waals surface area contributed by atoms with E-state index >= 15 is 0 Å². The minimum absolute atomic E-state index is 0.189. The molecule has 8 heteroatoms. The molecule has 1 unspecified atom stereocenters. The van der Waals surface area contributed by atoms with E-state index in [1.54, 1.807) is 0 Å². The van der Waals surface area contributed by atoms with Crippen LogP contribution in [0.5, 0.6) is 0 Å². The molecular weight excluding hydrogens is 214 g/mol. The van der Waals surface area contributed by atoms with Crippen LogP contribution in [0.25, 0.3) is 0 Å². The highest BCUT2D eigenvalue weighted by Gasteiger charge is 2.36. The minimum atomic E-state index is -3.43. The Labute approximate surface area is 73.0 Å². The summed E-state index contributed by atoms with van der Waals surface area (Å²) < 4.78 is 18.3. The van der Waals surface area contributed by atoms with Crippen molar-refractivity contribution in [1.29, 1.82) is 0 Å². The summed E-state index contributed by atoms with van der Waals surface area (Å²) in [6.45, 7) is -3.05. The molecule has 1 aliphatic heterocycles. The lowest BCUT2D eigenvalue weighted by Gasteiger charge is -2.16. The fourth-order valence-electron chi connectivity index (χ4n) is 0.664. The maximum absolute atomic E-state index is 11.1. The molecule has 0 spiro atoms. The zero-order valence-electron chi connectivity index (χ0n) is 5.29. The number of cyclic esters (lactones) is 1. The smallest absolute Gasteiger partial charge is 0.417 e. The molecule has 1 N–H and O–H groups in total. The van der Waals surface area contributed by atoms with Gasteiger partial charge in [-0.05, 0) is 23.0 Å². The lowest BCUT2D eigenvalue weighted by atomic mass is 10.7. The van der Waals surface area contributed by atoms with Crippen molar-refractivity contribution in [3.63, 3.8) is 0 Å². The second kappa shape index (κ2) is 3.19. The molecule has 5 nitrogen and oxygen atoms in total. The van der Waals surface area contributed by atoms with Gasteiger partial charge in [-0.25, -0.2) is 9.46 Å². The van der Waals surface area contributed by atoms with Gasteiger partial charge >= 0.3 is 12.9 Å². The number of carbonyl (C=O) groups excluding carboxylic acids is 1. The number of hydrogen-bond acceptors (Lipinski definition) is 3. The summed E-state index contributed by atoms with van der Waals surface area (Å²) in [6.07, 6.45) is -0.712. The predicted molar refractivity (Wildman–Crippen MR) is 40.5 cm³/mol. The molecule has 0 saturated carbocycles. The quantitative estimate of drug-likeness (QED) is 0.565. The summed E-state index contributed by atoms with van der Waals surface area (Å²) >= 11 is 10.4. The van der Waals surface area contributed by atoms with Gasteiger partial charge in [0.15, 0.2) is 0 Å². The highest BCUT2D eigenvalue weighted by Crippen LogP contribution is 2.52. The zero-order chi connectivity index (χ0) is 8.48. The standard InChI is InChI=1S/C3H5Cl2N2O3P/c4-6-11(5,9)7-1-2-10-3(7)8/h1-2H2,(H,6,9). The maximum atomic E-state index is 11.1. The Kier molecular flexibility index (Phi) is 2.65. The number of halogens is 2. The average Bonchev–Trinajstić information content (AvgIpc) is 2.36. The van der Waals surface area contributed by atoms with E-state index in [4.69, 9.17) is 23.0 Å². The van der Waals surface area contributed by atoms with E-state index in [-0.39, 0.29) is 13.2 Å². The van der Waals surface area contributed by atoms with Crippen LogP contribution in [-0.4, -0.2) is 23.9 Å². The monoisotopic (exact) mass is 218 g/mol. The number of nitrogens with one attached hydrogen (secondary N) is 1. The number of hydrogen-bond donors (Lipinski definition) is 1. The van der Waals surface area contributed by atoms with Crippen LogP contribution in [0.15, 0.2) is 0 Å². The molecule has 1 fully saturated rings. The highest BCUT2D eigenvalue weighted by molar-refractivity contribution is 7.86. The Morgan fingerprint density at radius 1 is 1.73 bits per heavy atom. The Hall–Kier alpha value is 0.0400. The van der Waals surface area contributed by atoms with Crippen molar-refractivity contribution in [3.05, 3.63) is 0 Å². The summed E-state index contributed by atoms with van der Waals surface area (Å²) in [7, 11) is 0. The average molecular weight is 219 g/mol. The van der Waals surface area contributed by atoms with Crippen LogP contribution in [0.2, 0.25) is 0 Å². The Bertz CT molecular complexity index is 223. The van der Waals surface area contributed by atoms with Crippen LogP contribution in [0.3, 0.4) is 0 Å². The zero-order valence-corrected chi connectivity index (χ0v) is 7.70. The largest absolute Gasteiger partial charge is 0.447 e. The third kappa shape index (κ3) is 1.79. The van der Waals surface area contributed by atoms with Crippen molar-refractivity contribution in [1.82, 2.24) is 9.28 Å². The molecule has 0 aromatic carbocycles. The predicted octanol–water partition coefficient (Wildman–Crippen LogP) is 1.53. The van der Waals surface area contributed by atoms with E-state index in [1.165, 1.54) is 0 Å². The number of nitrogens with zero attached hydrogens (tertiary/aromatic N) is 1. The lowest BCUT2D eigenvalue weighted by Crippen LogP contribution is -2.22. The highest BCUT2D eigenvalue weighted by atomic mass is 35.7. The molecule has 1 atom stereocenters. The van der Waals surface area contributed by atoms with Crippen LogP contribution in [0, 0.1) is 0 Å². The Morgan fingerprint density at radius 2 is 2.36 bits per heavy atom. The van der Waals surface area contributed by atoms with E-state index in [1.807, 2.05) is 4.61 Å². The van der Waals surface area contributed by atoms with E-state index in [9.17, 15) is 9.36 Å². The van der Waals surface area contributed by atoms with Crippen molar-refractivity contribution in [2.45, 2.75) is 0 Å². The topological polar surface area (TPSA) is 58.6 Å². The third-order valence-electron chi connectivity index (χ3n) is 1.15. The second-order valence-electron chi connectivity index (χ2n) is 1.82. The third-order valence-corrected chi connectivity index (χ3v) is 4.09. The van der Waals surface area contributed by atoms with Crippen LogP contribution in [-0.2, 0) is 9.30 Å². The van der Waals surface area contributed by atoms with Gasteiger partial charge in [-0.15, -0.1) is 0 Å². The first kappa shape index (κ1) is 9.13. The minimum Gasteiger partial charge on any atom is -0.447 e. The molecule has 1 aliphatic rings. The van der Waals surface area contributed by atoms with E-state index in [0.717, 1.165) is 4.67 Å². The van der Waals surface area contributed by atoms with Crippen molar-refractivity contribution < 1.29 is 14.1 Å². The summed E-state index contributed by atoms with van der Waals surface area (Å²) in [5.41, 5.74) is 0. The SMILES string of the molecule is O=C1OCCN1P(=O)(Cl)NCl. The molecule has 0 bridgehead atoms. The Morgan fingerprint density at radius 3 is 2.73 bits per heavy atom. The number of amides is 1. The van der Waals surface area contributed by atoms with Crippen molar-refractivity contribution in [2.75, 3.05) is 13.2 Å². The Balaban J connectivity index is 2.74. The first-order valence-corrected chi connectivity index (χ1v) is 5.64. The fourth-order valence-corrected chi connectivity index (χ4v) is 2.05. The van der Waals surface area contributed by atoms with Gasteiger partial charge in [0.1, 0.15) is 6.61 Å². The molecule has 11 heavy (non-hydrogen) atoms. The molecule has 0 aromatic heterocycles. The maximum Gasteiger partial charge on any atom is 0.417 e. The summed E-state index contributed by atoms with van der Waals surface area (Å²) in [6, 6.07) is 0. The summed E-state index contributed by atoms with van der Waals surface area (Å²) in [5.74, 6) is 0. The fraction of sp³-hybridized carbons (Fsp3) is 0.667. The van der Waals surface area contributed by atoms with Gasteiger partial charge in [-0.1, -0.05) is 0 Å². The number of rotatable bonds is 2. The normalized spacial score (nSPS) is 23.1. The van der Waals surface area contributed by atoms with Gasteiger partial charge in [0, 0.05) is 0 Å². The molecule has 64 valence electrons. The van der Waals surface area contributed by atoms with Crippen LogP contribution in [0.4, 0.5) is 4.79 Å². The van der Waals surface area contributed by atoms with Gasteiger partial charge in [0.05, 0.1) is 6.54 Å².